The topological polar surface area (TPSA) is 83.6 Å². The minimum Gasteiger partial charge on any atom is -0.396 e. The molecular weight excluding hydrogens is 283 g/mol. The zero-order valence-corrected chi connectivity index (χ0v) is 11.9. The molecule has 1 aromatic carbocycles. The van der Waals surface area contributed by atoms with Gasteiger partial charge in [-0.1, -0.05) is 0 Å². The van der Waals surface area contributed by atoms with Crippen molar-refractivity contribution in [1.82, 2.24) is 4.31 Å². The molecule has 0 aliphatic carbocycles. The van der Waals surface area contributed by atoms with Crippen LogP contribution >= 0.6 is 0 Å². The highest BCUT2D eigenvalue weighted by Gasteiger charge is 2.35. The monoisotopic (exact) mass is 302 g/mol. The van der Waals surface area contributed by atoms with Crippen LogP contribution < -0.4 is 5.73 Å². The van der Waals surface area contributed by atoms with E-state index < -0.39 is 15.8 Å². The molecule has 1 saturated heterocycles. The molecule has 112 valence electrons. The summed E-state index contributed by atoms with van der Waals surface area (Å²) in [7, 11) is -3.70. The Morgan fingerprint density at radius 2 is 2.20 bits per heavy atom. The maximum Gasteiger partial charge on any atom is 0.243 e. The predicted octanol–water partition coefficient (Wildman–Crippen LogP) is 1.33. The van der Waals surface area contributed by atoms with Gasteiger partial charge in [-0.25, -0.2) is 12.8 Å². The zero-order valence-electron chi connectivity index (χ0n) is 11.1. The van der Waals surface area contributed by atoms with Gasteiger partial charge in [0.25, 0.3) is 0 Å². The highest BCUT2D eigenvalue weighted by molar-refractivity contribution is 7.89. The van der Waals surface area contributed by atoms with Gasteiger partial charge < -0.3 is 10.8 Å². The third kappa shape index (κ3) is 2.94. The van der Waals surface area contributed by atoms with E-state index in [0.717, 1.165) is 18.9 Å². The predicted molar refractivity (Wildman–Crippen MR) is 74.0 cm³/mol. The van der Waals surface area contributed by atoms with Gasteiger partial charge in [0.1, 0.15) is 5.82 Å². The van der Waals surface area contributed by atoms with Gasteiger partial charge in [-0.15, -0.1) is 0 Å². The third-order valence-electron chi connectivity index (χ3n) is 3.60. The van der Waals surface area contributed by atoms with E-state index in [1.54, 1.807) is 0 Å². The van der Waals surface area contributed by atoms with Crippen LogP contribution in [0.2, 0.25) is 0 Å². The summed E-state index contributed by atoms with van der Waals surface area (Å²) in [6.45, 7) is 0.477. The van der Waals surface area contributed by atoms with Crippen molar-refractivity contribution in [3.63, 3.8) is 0 Å². The number of nitrogens with zero attached hydrogens (tertiary/aromatic N) is 1. The van der Waals surface area contributed by atoms with E-state index in [1.807, 2.05) is 0 Å². The van der Waals surface area contributed by atoms with Crippen LogP contribution in [0.3, 0.4) is 0 Å². The number of sulfonamides is 1. The second-order valence-corrected chi connectivity index (χ2v) is 6.85. The average molecular weight is 302 g/mol. The molecule has 0 spiro atoms. The normalized spacial score (nSPS) is 20.4. The minimum absolute atomic E-state index is 0.0425. The summed E-state index contributed by atoms with van der Waals surface area (Å²) in [6, 6.07) is 3.44. The Hall–Kier alpha value is -1.18. The van der Waals surface area contributed by atoms with Crippen LogP contribution in [0.5, 0.6) is 0 Å². The molecule has 0 aromatic heterocycles. The van der Waals surface area contributed by atoms with E-state index in [4.69, 9.17) is 10.8 Å². The lowest BCUT2D eigenvalue weighted by Crippen LogP contribution is -2.35. The standard InChI is InChI=1S/C13H19FN2O3S/c14-12-9-11(5-6-13(12)15)20(18,19)16-7-1-3-10(16)4-2-8-17/h5-6,9-10,17H,1-4,7-8,15H2. The Kier molecular flexibility index (Phi) is 4.62. The molecule has 5 nitrogen and oxygen atoms in total. The largest absolute Gasteiger partial charge is 0.396 e. The average Bonchev–Trinajstić information content (AvgIpc) is 2.88. The van der Waals surface area contributed by atoms with Crippen LogP contribution in [-0.4, -0.2) is 37.0 Å². The highest BCUT2D eigenvalue weighted by atomic mass is 32.2. The molecule has 1 fully saturated rings. The number of hydrogen-bond acceptors (Lipinski definition) is 4. The lowest BCUT2D eigenvalue weighted by molar-refractivity contribution is 0.264. The molecular formula is C13H19FN2O3S. The summed E-state index contributed by atoms with van der Waals surface area (Å²) >= 11 is 0. The van der Waals surface area contributed by atoms with Crippen molar-refractivity contribution in [3.05, 3.63) is 24.0 Å². The summed E-state index contributed by atoms with van der Waals surface area (Å²) in [5, 5.41) is 8.87. The molecule has 1 atom stereocenters. The highest BCUT2D eigenvalue weighted by Crippen LogP contribution is 2.29. The summed E-state index contributed by atoms with van der Waals surface area (Å²) in [5.74, 6) is -0.725. The molecule has 2 rings (SSSR count). The molecule has 0 saturated carbocycles. The van der Waals surface area contributed by atoms with E-state index in [0.29, 0.717) is 19.4 Å². The molecule has 1 aromatic rings. The quantitative estimate of drug-likeness (QED) is 0.804. The van der Waals surface area contributed by atoms with Crippen molar-refractivity contribution >= 4 is 15.7 Å². The molecule has 1 unspecified atom stereocenters. The number of hydrogen-bond donors (Lipinski definition) is 2. The molecule has 1 heterocycles. The smallest absolute Gasteiger partial charge is 0.243 e. The first-order chi connectivity index (χ1) is 9.46. The Labute approximate surface area is 118 Å². The van der Waals surface area contributed by atoms with Gasteiger partial charge in [-0.3, -0.25) is 0 Å². The van der Waals surface area contributed by atoms with E-state index in [9.17, 15) is 12.8 Å². The minimum atomic E-state index is -3.70. The summed E-state index contributed by atoms with van der Waals surface area (Å²) in [4.78, 5) is -0.0694. The molecule has 1 aliphatic heterocycles. The molecule has 0 bridgehead atoms. The van der Waals surface area contributed by atoms with Gasteiger partial charge in [0, 0.05) is 19.2 Å². The van der Waals surface area contributed by atoms with E-state index in [1.165, 1.54) is 16.4 Å². The fourth-order valence-corrected chi connectivity index (χ4v) is 4.28. The second-order valence-electron chi connectivity index (χ2n) is 4.96. The number of nitrogens with two attached hydrogens (primary N) is 1. The van der Waals surface area contributed by atoms with Crippen LogP contribution in [0.25, 0.3) is 0 Å². The fraction of sp³-hybridized carbons (Fsp3) is 0.538. The molecule has 0 amide bonds. The first kappa shape index (κ1) is 15.2. The van der Waals surface area contributed by atoms with Gasteiger partial charge >= 0.3 is 0 Å². The van der Waals surface area contributed by atoms with E-state index in [2.05, 4.69) is 0 Å². The number of aliphatic hydroxyl groups is 1. The zero-order chi connectivity index (χ0) is 14.8. The van der Waals surface area contributed by atoms with Crippen LogP contribution in [-0.2, 0) is 10.0 Å². The van der Waals surface area contributed by atoms with Crippen LogP contribution in [0, 0.1) is 5.82 Å². The summed E-state index contributed by atoms with van der Waals surface area (Å²) < 4.78 is 39.9. The number of halogens is 1. The van der Waals surface area contributed by atoms with Crippen molar-refractivity contribution in [2.45, 2.75) is 36.6 Å². The second kappa shape index (κ2) is 6.07. The van der Waals surface area contributed by atoms with E-state index in [-0.39, 0.29) is 23.2 Å². The number of anilines is 1. The SMILES string of the molecule is Nc1ccc(S(=O)(=O)N2CCCC2CCCO)cc1F. The van der Waals surface area contributed by atoms with Crippen molar-refractivity contribution in [1.29, 1.82) is 0 Å². The maximum atomic E-state index is 13.5. The number of nitrogen functional groups attached to an aromatic ring is 1. The van der Waals surface area contributed by atoms with Crippen LogP contribution in [0.15, 0.2) is 23.1 Å². The number of rotatable bonds is 5. The summed E-state index contributed by atoms with van der Waals surface area (Å²) in [5.41, 5.74) is 5.30. The van der Waals surface area contributed by atoms with E-state index >= 15 is 0 Å². The maximum absolute atomic E-state index is 13.5. The van der Waals surface area contributed by atoms with Gasteiger partial charge in [-0.2, -0.15) is 4.31 Å². The Morgan fingerprint density at radius 1 is 1.45 bits per heavy atom. The fourth-order valence-electron chi connectivity index (χ4n) is 2.54. The van der Waals surface area contributed by atoms with Crippen molar-refractivity contribution in [2.75, 3.05) is 18.9 Å². The number of aliphatic hydroxyl groups excluding tert-OH is 1. The molecule has 20 heavy (non-hydrogen) atoms. The third-order valence-corrected chi connectivity index (χ3v) is 5.54. The molecule has 7 heteroatoms. The van der Waals surface area contributed by atoms with Crippen LogP contribution in [0.4, 0.5) is 10.1 Å². The molecule has 0 radical (unpaired) electrons. The van der Waals surface area contributed by atoms with Crippen molar-refractivity contribution < 1.29 is 17.9 Å². The van der Waals surface area contributed by atoms with Crippen molar-refractivity contribution in [3.8, 4) is 0 Å². The van der Waals surface area contributed by atoms with Gasteiger partial charge in [0.2, 0.25) is 10.0 Å². The Balaban J connectivity index is 2.26. The Bertz CT molecular complexity index is 577. The van der Waals surface area contributed by atoms with Crippen molar-refractivity contribution in [2.24, 2.45) is 0 Å². The summed E-state index contributed by atoms with van der Waals surface area (Å²) in [6.07, 6.45) is 2.74. The lowest BCUT2D eigenvalue weighted by atomic mass is 10.1. The molecule has 1 aliphatic rings. The van der Waals surface area contributed by atoms with Gasteiger partial charge in [0.15, 0.2) is 0 Å². The van der Waals surface area contributed by atoms with Crippen LogP contribution in [0.1, 0.15) is 25.7 Å². The lowest BCUT2D eigenvalue weighted by Gasteiger charge is -2.24. The molecule has 3 N–H and O–H groups in total. The van der Waals surface area contributed by atoms with Gasteiger partial charge in [-0.05, 0) is 43.9 Å². The first-order valence-electron chi connectivity index (χ1n) is 6.64. The Morgan fingerprint density at radius 3 is 2.85 bits per heavy atom. The number of benzene rings is 1. The van der Waals surface area contributed by atoms with Gasteiger partial charge in [0.05, 0.1) is 10.6 Å². The first-order valence-corrected chi connectivity index (χ1v) is 8.08.